The Hall–Kier alpha value is -3.17. The number of aromatic nitrogens is 5. The maximum absolute atomic E-state index is 13.9. The van der Waals surface area contributed by atoms with E-state index in [2.05, 4.69) is 45.2 Å². The molecule has 0 aliphatic heterocycles. The highest BCUT2D eigenvalue weighted by Crippen LogP contribution is 2.38. The third-order valence-corrected chi connectivity index (χ3v) is 7.20. The molecular formula is C21H25F3N6O4SSi. The average Bonchev–Trinajstić information content (AvgIpc) is 3.23. The third kappa shape index (κ3) is 6.95. The first-order valence-corrected chi connectivity index (χ1v) is 15.6. The first-order valence-electron chi connectivity index (χ1n) is 10.7. The fourth-order valence-electron chi connectivity index (χ4n) is 3.04. The van der Waals surface area contributed by atoms with Crippen LogP contribution in [-0.4, -0.2) is 56.9 Å². The minimum Gasteiger partial charge on any atom is -0.493 e. The van der Waals surface area contributed by atoms with Crippen molar-refractivity contribution in [3.05, 3.63) is 45.9 Å². The number of carbonyl (C=O) groups is 1. The van der Waals surface area contributed by atoms with Gasteiger partial charge in [0.15, 0.2) is 10.7 Å². The summed E-state index contributed by atoms with van der Waals surface area (Å²) in [6, 6.07) is 4.01. The molecule has 1 amide bonds. The summed E-state index contributed by atoms with van der Waals surface area (Å²) in [5.41, 5.74) is -3.24. The predicted octanol–water partition coefficient (Wildman–Crippen LogP) is 4.04. The number of anilines is 1. The number of aromatic hydroxyl groups is 1. The average molecular weight is 543 g/mol. The molecule has 0 aliphatic carbocycles. The number of hydrogen-bond acceptors (Lipinski definition) is 8. The van der Waals surface area contributed by atoms with E-state index >= 15 is 0 Å². The zero-order chi connectivity index (χ0) is 26.7. The number of nitrogens with zero attached hydrogens (tertiary/aromatic N) is 4. The molecule has 15 heteroatoms. The van der Waals surface area contributed by atoms with Gasteiger partial charge in [-0.2, -0.15) is 18.2 Å². The topological polar surface area (TPSA) is 135 Å². The van der Waals surface area contributed by atoms with Gasteiger partial charge in [0.1, 0.15) is 12.4 Å². The third-order valence-electron chi connectivity index (χ3n) is 4.92. The van der Waals surface area contributed by atoms with Crippen molar-refractivity contribution in [2.45, 2.75) is 43.7 Å². The highest BCUT2D eigenvalue weighted by atomic mass is 32.2. The van der Waals surface area contributed by atoms with Crippen molar-refractivity contribution in [2.24, 2.45) is 0 Å². The van der Waals surface area contributed by atoms with Crippen molar-refractivity contribution >= 4 is 31.4 Å². The van der Waals surface area contributed by atoms with Gasteiger partial charge in [0.05, 0.1) is 11.8 Å². The molecule has 194 valence electrons. The quantitative estimate of drug-likeness (QED) is 0.160. The number of thioether (sulfide) groups is 1. The molecule has 0 unspecified atom stereocenters. The summed E-state index contributed by atoms with van der Waals surface area (Å²) in [4.78, 5) is 30.6. The Bertz CT molecular complexity index is 1310. The summed E-state index contributed by atoms with van der Waals surface area (Å²) in [7, 11) is -1.28. The molecule has 0 bridgehead atoms. The molecule has 0 radical (unpaired) electrons. The normalized spacial score (nSPS) is 12.1. The van der Waals surface area contributed by atoms with Crippen LogP contribution in [0.15, 0.2) is 34.3 Å². The summed E-state index contributed by atoms with van der Waals surface area (Å²) in [5, 5.41) is 19.9. The lowest BCUT2D eigenvalue weighted by molar-refractivity contribution is -0.137. The Balaban J connectivity index is 1.82. The standard InChI is InChI=1S/C21H25F3N6O4SSi/c1-35-20-26-18(32)16(19(33)27-20)17(31)25-12-5-6-13(14(9-12)21(22,23)24)15-10-30(29-28-15)11-34-7-8-36(2,3)4/h5-6,9-10H,7-8,11H2,1-4H3,(H,25,31)(H2,26,27,32,33). The van der Waals surface area contributed by atoms with Crippen LogP contribution in [0.2, 0.25) is 25.7 Å². The summed E-state index contributed by atoms with van der Waals surface area (Å²) in [6.45, 7) is 7.17. The van der Waals surface area contributed by atoms with Crippen molar-refractivity contribution < 1.29 is 27.8 Å². The zero-order valence-electron chi connectivity index (χ0n) is 19.9. The molecule has 0 saturated heterocycles. The van der Waals surface area contributed by atoms with Crippen LogP contribution in [0, 0.1) is 0 Å². The van der Waals surface area contributed by atoms with Crippen molar-refractivity contribution in [2.75, 3.05) is 18.2 Å². The van der Waals surface area contributed by atoms with E-state index in [-0.39, 0.29) is 28.8 Å². The van der Waals surface area contributed by atoms with Crippen LogP contribution in [0.25, 0.3) is 11.3 Å². The first-order chi connectivity index (χ1) is 16.8. The van der Waals surface area contributed by atoms with E-state index < -0.39 is 42.7 Å². The maximum atomic E-state index is 13.9. The molecule has 1 aromatic carbocycles. The molecular weight excluding hydrogens is 517 g/mol. The fraction of sp³-hybridized carbons (Fsp3) is 0.381. The van der Waals surface area contributed by atoms with Crippen LogP contribution in [0.5, 0.6) is 5.88 Å². The van der Waals surface area contributed by atoms with Gasteiger partial charge in [-0.1, -0.05) is 42.7 Å². The zero-order valence-corrected chi connectivity index (χ0v) is 21.8. The minimum absolute atomic E-state index is 0.0278. The second-order valence-electron chi connectivity index (χ2n) is 8.98. The van der Waals surface area contributed by atoms with Gasteiger partial charge in [-0.3, -0.25) is 9.59 Å². The van der Waals surface area contributed by atoms with E-state index in [9.17, 15) is 27.9 Å². The monoisotopic (exact) mass is 542 g/mol. The fourth-order valence-corrected chi connectivity index (χ4v) is 4.17. The van der Waals surface area contributed by atoms with E-state index in [0.717, 1.165) is 23.9 Å². The largest absolute Gasteiger partial charge is 0.493 e. The van der Waals surface area contributed by atoms with E-state index in [1.54, 1.807) is 6.26 Å². The molecule has 0 aliphatic rings. The van der Waals surface area contributed by atoms with Crippen molar-refractivity contribution in [3.8, 4) is 17.1 Å². The summed E-state index contributed by atoms with van der Waals surface area (Å²) < 4.78 is 48.4. The Morgan fingerprint density at radius 2 is 2.03 bits per heavy atom. The second-order valence-corrected chi connectivity index (χ2v) is 15.4. The van der Waals surface area contributed by atoms with Crippen LogP contribution >= 0.6 is 11.8 Å². The molecule has 0 atom stereocenters. The molecule has 3 rings (SSSR count). The molecule has 0 fully saturated rings. The number of rotatable bonds is 9. The van der Waals surface area contributed by atoms with Crippen molar-refractivity contribution in [1.82, 2.24) is 25.0 Å². The van der Waals surface area contributed by atoms with Crippen LogP contribution in [0.4, 0.5) is 18.9 Å². The number of amides is 1. The lowest BCUT2D eigenvalue weighted by Gasteiger charge is -2.15. The van der Waals surface area contributed by atoms with Crippen molar-refractivity contribution in [1.29, 1.82) is 0 Å². The van der Waals surface area contributed by atoms with Gasteiger partial charge >= 0.3 is 6.18 Å². The Labute approximate surface area is 209 Å². The number of H-pyrrole nitrogens is 1. The Morgan fingerprint density at radius 1 is 1.31 bits per heavy atom. The summed E-state index contributed by atoms with van der Waals surface area (Å²) in [5.74, 6) is -1.95. The predicted molar refractivity (Wildman–Crippen MR) is 131 cm³/mol. The van der Waals surface area contributed by atoms with E-state index in [1.807, 2.05) is 0 Å². The number of ether oxygens (including phenoxy) is 1. The number of hydrogen-bond donors (Lipinski definition) is 3. The van der Waals surface area contributed by atoms with E-state index in [4.69, 9.17) is 4.74 Å². The Morgan fingerprint density at radius 3 is 2.64 bits per heavy atom. The first kappa shape index (κ1) is 27.4. The number of carbonyl (C=O) groups excluding carboxylic acids is 1. The van der Waals surface area contributed by atoms with Gasteiger partial charge in [0.25, 0.3) is 11.5 Å². The number of aromatic amines is 1. The van der Waals surface area contributed by atoms with Gasteiger partial charge in [-0.15, -0.1) is 5.10 Å². The van der Waals surface area contributed by atoms with Gasteiger partial charge in [-0.05, 0) is 24.4 Å². The number of alkyl halides is 3. The highest BCUT2D eigenvalue weighted by Gasteiger charge is 2.35. The van der Waals surface area contributed by atoms with Gasteiger partial charge in [-0.25, -0.2) is 4.68 Å². The molecule has 3 aromatic rings. The molecule has 3 N–H and O–H groups in total. The summed E-state index contributed by atoms with van der Waals surface area (Å²) in [6.07, 6.45) is -1.85. The SMILES string of the molecule is CSc1nc(O)c(C(=O)Nc2ccc(-c3cn(COCC[Si](C)(C)C)nn3)c(C(F)(F)F)c2)c(=O)[nH]1. The molecule has 2 heterocycles. The number of nitrogens with one attached hydrogen (secondary N) is 2. The molecule has 0 saturated carbocycles. The smallest absolute Gasteiger partial charge is 0.417 e. The van der Waals surface area contributed by atoms with Crippen LogP contribution in [-0.2, 0) is 17.6 Å². The van der Waals surface area contributed by atoms with Crippen LogP contribution < -0.4 is 10.9 Å². The highest BCUT2D eigenvalue weighted by molar-refractivity contribution is 7.98. The summed E-state index contributed by atoms with van der Waals surface area (Å²) >= 11 is 1.03. The van der Waals surface area contributed by atoms with E-state index in [1.165, 1.54) is 16.9 Å². The van der Waals surface area contributed by atoms with Gasteiger partial charge < -0.3 is 20.1 Å². The maximum Gasteiger partial charge on any atom is 0.417 e. The van der Waals surface area contributed by atoms with Gasteiger partial charge in [0, 0.05) is 25.9 Å². The second kappa shape index (κ2) is 10.8. The van der Waals surface area contributed by atoms with E-state index in [0.29, 0.717) is 12.7 Å². The number of halogens is 3. The van der Waals surface area contributed by atoms with Crippen molar-refractivity contribution in [3.63, 3.8) is 0 Å². The molecule has 2 aromatic heterocycles. The Kier molecular flexibility index (Phi) is 8.25. The molecule has 10 nitrogen and oxygen atoms in total. The van der Waals surface area contributed by atoms with Crippen LogP contribution in [0.3, 0.4) is 0 Å². The van der Waals surface area contributed by atoms with Gasteiger partial charge in [0.2, 0.25) is 5.88 Å². The lowest BCUT2D eigenvalue weighted by Crippen LogP contribution is -2.24. The lowest BCUT2D eigenvalue weighted by atomic mass is 10.0. The molecule has 0 spiro atoms. The van der Waals surface area contributed by atoms with Crippen LogP contribution in [0.1, 0.15) is 15.9 Å². The molecule has 36 heavy (non-hydrogen) atoms. The minimum atomic E-state index is -4.78. The number of benzene rings is 1.